The number of nitriles is 1. The van der Waals surface area contributed by atoms with Crippen molar-refractivity contribution in [2.45, 2.75) is 57.7 Å². The molecule has 0 unspecified atom stereocenters. The first kappa shape index (κ1) is 17.3. The van der Waals surface area contributed by atoms with Crippen LogP contribution in [0, 0.1) is 11.3 Å². The van der Waals surface area contributed by atoms with E-state index in [1.807, 2.05) is 6.07 Å². The molecule has 23 heavy (non-hydrogen) atoms. The quantitative estimate of drug-likeness (QED) is 0.894. The van der Waals surface area contributed by atoms with Crippen molar-refractivity contribution in [1.82, 2.24) is 10.6 Å². The third-order valence-corrected chi connectivity index (χ3v) is 3.91. The minimum Gasteiger partial charge on any atom is -0.484 e. The van der Waals surface area contributed by atoms with E-state index in [1.165, 1.54) is 0 Å². The number of ether oxygens (including phenoxy) is 1. The molecule has 1 aliphatic heterocycles. The van der Waals surface area contributed by atoms with Crippen LogP contribution in [0.5, 0.6) is 5.75 Å². The lowest BCUT2D eigenvalue weighted by Crippen LogP contribution is -2.62. The van der Waals surface area contributed by atoms with E-state index < -0.39 is 0 Å². The van der Waals surface area contributed by atoms with E-state index in [-0.39, 0.29) is 29.6 Å². The van der Waals surface area contributed by atoms with Gasteiger partial charge in [0, 0.05) is 17.1 Å². The Bertz CT molecular complexity index is 584. The van der Waals surface area contributed by atoms with Crippen molar-refractivity contribution >= 4 is 5.91 Å². The average molecular weight is 315 g/mol. The Kier molecular flexibility index (Phi) is 4.96. The van der Waals surface area contributed by atoms with E-state index in [0.717, 1.165) is 12.8 Å². The van der Waals surface area contributed by atoms with Crippen LogP contribution >= 0.6 is 0 Å². The minimum absolute atomic E-state index is 0.00627. The summed E-state index contributed by atoms with van der Waals surface area (Å²) in [4.78, 5) is 12.1. The van der Waals surface area contributed by atoms with Gasteiger partial charge in [0.2, 0.25) is 0 Å². The van der Waals surface area contributed by atoms with Gasteiger partial charge in [-0.2, -0.15) is 5.26 Å². The Morgan fingerprint density at radius 3 is 2.35 bits per heavy atom. The Morgan fingerprint density at radius 2 is 1.83 bits per heavy atom. The average Bonchev–Trinajstić information content (AvgIpc) is 2.42. The van der Waals surface area contributed by atoms with Gasteiger partial charge in [-0.25, -0.2) is 0 Å². The molecule has 0 spiro atoms. The Balaban J connectivity index is 1.85. The Hall–Kier alpha value is -2.06. The number of amides is 1. The molecule has 0 aliphatic carbocycles. The molecule has 1 saturated heterocycles. The van der Waals surface area contributed by atoms with E-state index in [4.69, 9.17) is 10.00 Å². The molecule has 0 radical (unpaired) electrons. The first-order valence-corrected chi connectivity index (χ1v) is 7.91. The minimum atomic E-state index is -0.118. The first-order valence-electron chi connectivity index (χ1n) is 7.91. The molecule has 0 bridgehead atoms. The zero-order valence-corrected chi connectivity index (χ0v) is 14.3. The van der Waals surface area contributed by atoms with Crippen molar-refractivity contribution in [3.8, 4) is 11.8 Å². The third kappa shape index (κ3) is 5.26. The number of carbonyl (C=O) groups is 1. The number of nitrogens with zero attached hydrogens (tertiary/aromatic N) is 1. The highest BCUT2D eigenvalue weighted by Crippen LogP contribution is 2.28. The fourth-order valence-corrected chi connectivity index (χ4v) is 3.47. The molecular weight excluding hydrogens is 290 g/mol. The summed E-state index contributed by atoms with van der Waals surface area (Å²) in [6, 6.07) is 8.92. The standard InChI is InChI=1S/C18H25N3O2/c1-17(2)9-14(10-18(3,4)21-17)20-16(22)12-23-15-7-5-13(11-19)6-8-15/h5-8,14,21H,9-10,12H2,1-4H3,(H,20,22). The second kappa shape index (κ2) is 6.59. The summed E-state index contributed by atoms with van der Waals surface area (Å²) in [5, 5.41) is 15.4. The van der Waals surface area contributed by atoms with Gasteiger partial charge in [0.25, 0.3) is 5.91 Å². The van der Waals surface area contributed by atoms with Gasteiger partial charge in [-0.3, -0.25) is 4.79 Å². The van der Waals surface area contributed by atoms with Crippen LogP contribution in [0.25, 0.3) is 0 Å². The third-order valence-electron chi connectivity index (χ3n) is 3.91. The normalized spacial score (nSPS) is 19.6. The Morgan fingerprint density at radius 1 is 1.26 bits per heavy atom. The molecule has 1 fully saturated rings. The van der Waals surface area contributed by atoms with E-state index >= 15 is 0 Å². The molecule has 1 aromatic rings. The summed E-state index contributed by atoms with van der Waals surface area (Å²) >= 11 is 0. The van der Waals surface area contributed by atoms with Gasteiger partial charge >= 0.3 is 0 Å². The second-order valence-corrected chi connectivity index (χ2v) is 7.49. The van der Waals surface area contributed by atoms with Crippen LogP contribution in [-0.2, 0) is 4.79 Å². The summed E-state index contributed by atoms with van der Waals surface area (Å²) in [7, 11) is 0. The first-order chi connectivity index (χ1) is 10.7. The number of hydrogen-bond donors (Lipinski definition) is 2. The lowest BCUT2D eigenvalue weighted by molar-refractivity contribution is -0.124. The zero-order chi connectivity index (χ0) is 17.1. The van der Waals surface area contributed by atoms with Gasteiger partial charge < -0.3 is 15.4 Å². The lowest BCUT2D eigenvalue weighted by Gasteiger charge is -2.46. The highest BCUT2D eigenvalue weighted by atomic mass is 16.5. The number of hydrogen-bond acceptors (Lipinski definition) is 4. The fraction of sp³-hybridized carbons (Fsp3) is 0.556. The highest BCUT2D eigenvalue weighted by molar-refractivity contribution is 5.77. The van der Waals surface area contributed by atoms with Crippen LogP contribution in [0.2, 0.25) is 0 Å². The molecule has 1 aromatic carbocycles. The molecule has 1 heterocycles. The maximum atomic E-state index is 12.1. The molecule has 0 atom stereocenters. The van der Waals surface area contributed by atoms with Crippen molar-refractivity contribution in [2.24, 2.45) is 0 Å². The Labute approximate surface area is 138 Å². The van der Waals surface area contributed by atoms with Gasteiger partial charge in [-0.15, -0.1) is 0 Å². The molecule has 1 amide bonds. The molecule has 2 N–H and O–H groups in total. The summed E-state index contributed by atoms with van der Waals surface area (Å²) < 4.78 is 5.48. The van der Waals surface area contributed by atoms with Crippen LogP contribution in [-0.4, -0.2) is 29.6 Å². The van der Waals surface area contributed by atoms with Crippen LogP contribution in [0.4, 0.5) is 0 Å². The maximum absolute atomic E-state index is 12.1. The maximum Gasteiger partial charge on any atom is 0.258 e. The number of carbonyl (C=O) groups excluding carboxylic acids is 1. The van der Waals surface area contributed by atoms with Crippen molar-refractivity contribution in [3.63, 3.8) is 0 Å². The van der Waals surface area contributed by atoms with E-state index in [2.05, 4.69) is 38.3 Å². The zero-order valence-electron chi connectivity index (χ0n) is 14.3. The van der Waals surface area contributed by atoms with Crippen molar-refractivity contribution in [1.29, 1.82) is 5.26 Å². The van der Waals surface area contributed by atoms with Crippen LogP contribution in [0.15, 0.2) is 24.3 Å². The number of piperidine rings is 1. The van der Waals surface area contributed by atoms with E-state index in [1.54, 1.807) is 24.3 Å². The smallest absolute Gasteiger partial charge is 0.258 e. The molecular formula is C18H25N3O2. The molecule has 124 valence electrons. The van der Waals surface area contributed by atoms with Gasteiger partial charge in [0.05, 0.1) is 11.6 Å². The fourth-order valence-electron chi connectivity index (χ4n) is 3.47. The largest absolute Gasteiger partial charge is 0.484 e. The van der Waals surface area contributed by atoms with Crippen LogP contribution < -0.4 is 15.4 Å². The second-order valence-electron chi connectivity index (χ2n) is 7.49. The summed E-state index contributed by atoms with van der Waals surface area (Å²) in [5.74, 6) is 0.470. The summed E-state index contributed by atoms with van der Waals surface area (Å²) in [5.41, 5.74) is 0.558. The molecule has 5 heteroatoms. The number of benzene rings is 1. The van der Waals surface area contributed by atoms with Gasteiger partial charge in [0.15, 0.2) is 6.61 Å². The SMILES string of the molecule is CC1(C)CC(NC(=O)COc2ccc(C#N)cc2)CC(C)(C)N1. The lowest BCUT2D eigenvalue weighted by atomic mass is 9.79. The van der Waals surface area contributed by atoms with E-state index in [0.29, 0.717) is 11.3 Å². The highest BCUT2D eigenvalue weighted by Gasteiger charge is 2.38. The predicted molar refractivity (Wildman–Crippen MR) is 89.1 cm³/mol. The number of nitrogens with one attached hydrogen (secondary N) is 2. The summed E-state index contributed by atoms with van der Waals surface area (Å²) in [6.45, 7) is 8.60. The molecule has 1 aliphatic rings. The summed E-state index contributed by atoms with van der Waals surface area (Å²) in [6.07, 6.45) is 1.78. The predicted octanol–water partition coefficient (Wildman–Crippen LogP) is 2.36. The number of rotatable bonds is 4. The van der Waals surface area contributed by atoms with Gasteiger partial charge in [-0.1, -0.05) is 0 Å². The topological polar surface area (TPSA) is 74.1 Å². The van der Waals surface area contributed by atoms with Crippen molar-refractivity contribution in [3.05, 3.63) is 29.8 Å². The van der Waals surface area contributed by atoms with Crippen molar-refractivity contribution in [2.75, 3.05) is 6.61 Å². The molecule has 0 aromatic heterocycles. The van der Waals surface area contributed by atoms with Crippen molar-refractivity contribution < 1.29 is 9.53 Å². The van der Waals surface area contributed by atoms with Gasteiger partial charge in [0.1, 0.15) is 5.75 Å². The monoisotopic (exact) mass is 315 g/mol. The van der Waals surface area contributed by atoms with Crippen LogP contribution in [0.3, 0.4) is 0 Å². The molecule has 5 nitrogen and oxygen atoms in total. The molecule has 0 saturated carbocycles. The molecule has 2 rings (SSSR count). The van der Waals surface area contributed by atoms with Gasteiger partial charge in [-0.05, 0) is 64.8 Å². The van der Waals surface area contributed by atoms with Crippen LogP contribution in [0.1, 0.15) is 46.1 Å². The van der Waals surface area contributed by atoms with E-state index in [9.17, 15) is 4.79 Å².